The summed E-state index contributed by atoms with van der Waals surface area (Å²) in [6.45, 7) is 1.66. The molecule has 1 saturated heterocycles. The van der Waals surface area contributed by atoms with Crippen molar-refractivity contribution in [2.45, 2.75) is 31.7 Å². The largest absolute Gasteiger partial charge is 0.384 e. The van der Waals surface area contributed by atoms with Crippen LogP contribution in [0.25, 0.3) is 0 Å². The van der Waals surface area contributed by atoms with Gasteiger partial charge in [-0.2, -0.15) is 4.98 Å². The third-order valence-corrected chi connectivity index (χ3v) is 3.94. The first kappa shape index (κ1) is 15.6. The van der Waals surface area contributed by atoms with Crippen LogP contribution in [-0.4, -0.2) is 46.2 Å². The van der Waals surface area contributed by atoms with Crippen LogP contribution in [0.1, 0.15) is 36.2 Å². The molecule has 2 aromatic heterocycles. The smallest absolute Gasteiger partial charge is 0.231 e. The Morgan fingerprint density at radius 2 is 2.35 bits per heavy atom. The van der Waals surface area contributed by atoms with Crippen molar-refractivity contribution < 1.29 is 14.1 Å². The van der Waals surface area contributed by atoms with E-state index in [0.29, 0.717) is 44.3 Å². The van der Waals surface area contributed by atoms with E-state index in [-0.39, 0.29) is 11.8 Å². The number of piperidine rings is 1. The molecule has 0 N–H and O–H groups in total. The Hall–Kier alpha value is -2.28. The molecule has 0 aromatic carbocycles. The standard InChI is InChI=1S/C16H20N4O3/c1-22-9-7-14-18-16(23-19-14)12-5-6-15(21)20(10-12)11-13-4-2-3-8-17-13/h2-4,8,12H,5-7,9-11H2,1H3. The summed E-state index contributed by atoms with van der Waals surface area (Å²) in [6.07, 6.45) is 3.60. The number of carbonyl (C=O) groups is 1. The third-order valence-electron chi connectivity index (χ3n) is 3.94. The normalized spacial score (nSPS) is 18.4. The van der Waals surface area contributed by atoms with Gasteiger partial charge in [0.25, 0.3) is 0 Å². The molecule has 3 heterocycles. The molecule has 1 aliphatic heterocycles. The van der Waals surface area contributed by atoms with Crippen LogP contribution in [-0.2, 0) is 22.5 Å². The van der Waals surface area contributed by atoms with Crippen LogP contribution in [0.5, 0.6) is 0 Å². The first-order valence-corrected chi connectivity index (χ1v) is 7.75. The van der Waals surface area contributed by atoms with Gasteiger partial charge in [-0.3, -0.25) is 9.78 Å². The van der Waals surface area contributed by atoms with Crippen molar-refractivity contribution in [1.82, 2.24) is 20.0 Å². The fraction of sp³-hybridized carbons (Fsp3) is 0.500. The van der Waals surface area contributed by atoms with Gasteiger partial charge in [0, 0.05) is 32.7 Å². The Morgan fingerprint density at radius 3 is 3.13 bits per heavy atom. The van der Waals surface area contributed by atoms with Crippen molar-refractivity contribution in [2.24, 2.45) is 0 Å². The molecule has 0 bridgehead atoms. The number of carbonyl (C=O) groups excluding carboxylic acids is 1. The Balaban J connectivity index is 1.65. The van der Waals surface area contributed by atoms with Crippen LogP contribution in [0.15, 0.2) is 28.9 Å². The van der Waals surface area contributed by atoms with Gasteiger partial charge in [0.2, 0.25) is 11.8 Å². The lowest BCUT2D eigenvalue weighted by molar-refractivity contribution is -0.134. The highest BCUT2D eigenvalue weighted by molar-refractivity contribution is 5.77. The summed E-state index contributed by atoms with van der Waals surface area (Å²) < 4.78 is 10.4. The minimum Gasteiger partial charge on any atom is -0.384 e. The molecule has 1 aliphatic rings. The molecule has 2 aromatic rings. The maximum atomic E-state index is 12.1. The first-order chi connectivity index (χ1) is 11.3. The quantitative estimate of drug-likeness (QED) is 0.804. The van der Waals surface area contributed by atoms with Gasteiger partial charge in [-0.15, -0.1) is 0 Å². The van der Waals surface area contributed by atoms with Crippen molar-refractivity contribution in [3.05, 3.63) is 41.8 Å². The van der Waals surface area contributed by atoms with Crippen molar-refractivity contribution in [1.29, 1.82) is 0 Å². The second-order valence-electron chi connectivity index (χ2n) is 5.62. The average molecular weight is 316 g/mol. The minimum atomic E-state index is 0.0835. The summed E-state index contributed by atoms with van der Waals surface area (Å²) in [5.74, 6) is 1.48. The molecule has 0 saturated carbocycles. The number of hydrogen-bond donors (Lipinski definition) is 0. The Morgan fingerprint density at radius 1 is 1.43 bits per heavy atom. The second kappa shape index (κ2) is 7.32. The van der Waals surface area contributed by atoms with E-state index in [1.54, 1.807) is 13.3 Å². The van der Waals surface area contributed by atoms with Gasteiger partial charge in [0.15, 0.2) is 5.82 Å². The lowest BCUT2D eigenvalue weighted by Crippen LogP contribution is -2.38. The van der Waals surface area contributed by atoms with Gasteiger partial charge in [-0.05, 0) is 18.6 Å². The van der Waals surface area contributed by atoms with Crippen LogP contribution in [0.2, 0.25) is 0 Å². The molecule has 0 aliphatic carbocycles. The average Bonchev–Trinajstić information content (AvgIpc) is 3.05. The zero-order chi connectivity index (χ0) is 16.1. The number of hydrogen-bond acceptors (Lipinski definition) is 6. The van der Waals surface area contributed by atoms with Gasteiger partial charge >= 0.3 is 0 Å². The monoisotopic (exact) mass is 316 g/mol. The molecule has 122 valence electrons. The van der Waals surface area contributed by atoms with E-state index in [1.807, 2.05) is 23.1 Å². The van der Waals surface area contributed by atoms with Crippen LogP contribution >= 0.6 is 0 Å². The fourth-order valence-electron chi connectivity index (χ4n) is 2.68. The summed E-state index contributed by atoms with van der Waals surface area (Å²) in [4.78, 5) is 22.7. The van der Waals surface area contributed by atoms with Gasteiger partial charge in [0.05, 0.1) is 24.8 Å². The molecule has 0 radical (unpaired) electrons. The third kappa shape index (κ3) is 3.92. The maximum Gasteiger partial charge on any atom is 0.231 e. The predicted octanol–water partition coefficient (Wildman–Crippen LogP) is 1.56. The lowest BCUT2D eigenvalue weighted by Gasteiger charge is -2.30. The van der Waals surface area contributed by atoms with Gasteiger partial charge < -0.3 is 14.2 Å². The number of pyridine rings is 1. The molecule has 23 heavy (non-hydrogen) atoms. The highest BCUT2D eigenvalue weighted by Crippen LogP contribution is 2.27. The van der Waals surface area contributed by atoms with E-state index in [1.165, 1.54) is 0 Å². The Labute approximate surface area is 134 Å². The van der Waals surface area contributed by atoms with Crippen molar-refractivity contribution in [3.8, 4) is 0 Å². The SMILES string of the molecule is COCCc1noc(C2CCC(=O)N(Cc3ccccn3)C2)n1. The van der Waals surface area contributed by atoms with Gasteiger partial charge in [-0.25, -0.2) is 0 Å². The number of nitrogens with zero attached hydrogens (tertiary/aromatic N) is 4. The summed E-state index contributed by atoms with van der Waals surface area (Å²) in [5, 5.41) is 3.98. The number of ether oxygens (including phenoxy) is 1. The lowest BCUT2D eigenvalue weighted by atomic mass is 9.97. The number of amides is 1. The Bertz CT molecular complexity index is 644. The fourth-order valence-corrected chi connectivity index (χ4v) is 2.68. The number of methoxy groups -OCH3 is 1. The zero-order valence-electron chi connectivity index (χ0n) is 13.1. The van der Waals surface area contributed by atoms with E-state index in [4.69, 9.17) is 9.26 Å². The summed E-state index contributed by atoms with van der Waals surface area (Å²) in [5.41, 5.74) is 0.882. The van der Waals surface area contributed by atoms with Crippen LogP contribution in [0, 0.1) is 0 Å². The molecule has 3 rings (SSSR count). The molecule has 0 spiro atoms. The number of aromatic nitrogens is 3. The summed E-state index contributed by atoms with van der Waals surface area (Å²) >= 11 is 0. The highest BCUT2D eigenvalue weighted by Gasteiger charge is 2.30. The van der Waals surface area contributed by atoms with Crippen LogP contribution < -0.4 is 0 Å². The van der Waals surface area contributed by atoms with E-state index in [9.17, 15) is 4.79 Å². The topological polar surface area (TPSA) is 81.4 Å². The molecule has 7 nitrogen and oxygen atoms in total. The zero-order valence-corrected chi connectivity index (χ0v) is 13.1. The minimum absolute atomic E-state index is 0.0835. The molecule has 1 fully saturated rings. The molecular formula is C16H20N4O3. The number of rotatable bonds is 6. The van der Waals surface area contributed by atoms with E-state index >= 15 is 0 Å². The second-order valence-corrected chi connectivity index (χ2v) is 5.62. The van der Waals surface area contributed by atoms with Crippen molar-refractivity contribution in [2.75, 3.05) is 20.3 Å². The predicted molar refractivity (Wildman–Crippen MR) is 81.5 cm³/mol. The van der Waals surface area contributed by atoms with Crippen LogP contribution in [0.4, 0.5) is 0 Å². The number of likely N-dealkylation sites (tertiary alicyclic amines) is 1. The van der Waals surface area contributed by atoms with E-state index in [2.05, 4.69) is 15.1 Å². The maximum absolute atomic E-state index is 12.1. The van der Waals surface area contributed by atoms with E-state index in [0.717, 1.165) is 12.1 Å². The molecule has 1 amide bonds. The van der Waals surface area contributed by atoms with Gasteiger partial charge in [-0.1, -0.05) is 11.2 Å². The molecule has 7 heteroatoms. The highest BCUT2D eigenvalue weighted by atomic mass is 16.5. The molecule has 1 unspecified atom stereocenters. The summed E-state index contributed by atoms with van der Waals surface area (Å²) in [6, 6.07) is 5.71. The molecule has 1 atom stereocenters. The van der Waals surface area contributed by atoms with Crippen LogP contribution in [0.3, 0.4) is 0 Å². The Kier molecular flexibility index (Phi) is 4.97. The summed E-state index contributed by atoms with van der Waals surface area (Å²) in [7, 11) is 1.64. The van der Waals surface area contributed by atoms with E-state index < -0.39 is 0 Å². The molecular weight excluding hydrogens is 296 g/mol. The van der Waals surface area contributed by atoms with Gasteiger partial charge in [0.1, 0.15) is 0 Å². The van der Waals surface area contributed by atoms with Crippen molar-refractivity contribution in [3.63, 3.8) is 0 Å². The van der Waals surface area contributed by atoms with Crippen molar-refractivity contribution >= 4 is 5.91 Å². The first-order valence-electron chi connectivity index (χ1n) is 7.75.